The minimum Gasteiger partial charge on any atom is -0.459 e. The third-order valence-electron chi connectivity index (χ3n) is 2.87. The molecule has 112 valence electrons. The summed E-state index contributed by atoms with van der Waals surface area (Å²) in [6, 6.07) is 2.80. The normalized spacial score (nSPS) is 12.8. The van der Waals surface area contributed by atoms with Crippen molar-refractivity contribution in [2.75, 3.05) is 20.8 Å². The van der Waals surface area contributed by atoms with Gasteiger partial charge in [0.25, 0.3) is 0 Å². The van der Waals surface area contributed by atoms with E-state index in [0.717, 1.165) is 24.8 Å². The number of amides is 1. The van der Waals surface area contributed by atoms with Crippen molar-refractivity contribution in [3.63, 3.8) is 0 Å². The van der Waals surface area contributed by atoms with Gasteiger partial charge in [-0.3, -0.25) is 0 Å². The predicted octanol–water partition coefficient (Wildman–Crippen LogP) is 2.08. The third kappa shape index (κ3) is 6.54. The lowest BCUT2D eigenvalue weighted by molar-refractivity contribution is -0.133. The summed E-state index contributed by atoms with van der Waals surface area (Å²) in [6.07, 6.45) is 6.19. The number of carbonyl (C=O) groups is 2. The molecule has 0 aromatic carbocycles. The van der Waals surface area contributed by atoms with Gasteiger partial charge in [0.05, 0.1) is 14.2 Å². The van der Waals surface area contributed by atoms with E-state index in [1.165, 1.54) is 25.5 Å². The molecule has 0 aliphatic heterocycles. The molecule has 0 N–H and O–H groups in total. The molecule has 0 spiro atoms. The second-order valence-electron chi connectivity index (χ2n) is 4.38. The van der Waals surface area contributed by atoms with Gasteiger partial charge in [0, 0.05) is 24.9 Å². The van der Waals surface area contributed by atoms with Crippen molar-refractivity contribution in [3.05, 3.63) is 11.6 Å². The quantitative estimate of drug-likeness (QED) is 0.338. The van der Waals surface area contributed by atoms with Crippen molar-refractivity contribution < 1.29 is 19.1 Å². The molecule has 0 heterocycles. The molecule has 1 rings (SSSR count). The Kier molecular flexibility index (Phi) is 7.53. The van der Waals surface area contributed by atoms with Gasteiger partial charge in [0.1, 0.15) is 0 Å². The summed E-state index contributed by atoms with van der Waals surface area (Å²) in [4.78, 5) is 23.7. The van der Waals surface area contributed by atoms with Crippen LogP contribution in [0.5, 0.6) is 0 Å². The number of hydrogen-bond acceptors (Lipinski definition) is 4. The van der Waals surface area contributed by atoms with Crippen molar-refractivity contribution in [3.8, 4) is 23.8 Å². The molecule has 1 aliphatic rings. The zero-order chi connectivity index (χ0) is 15.5. The van der Waals surface area contributed by atoms with E-state index in [1.807, 2.05) is 0 Å². The summed E-state index contributed by atoms with van der Waals surface area (Å²) in [5.41, 5.74) is 1.05. The second-order valence-corrected chi connectivity index (χ2v) is 4.38. The van der Waals surface area contributed by atoms with E-state index in [1.54, 1.807) is 0 Å². The fourth-order valence-electron chi connectivity index (χ4n) is 1.75. The van der Waals surface area contributed by atoms with Crippen LogP contribution in [0.15, 0.2) is 11.6 Å². The molecule has 0 aromatic heterocycles. The Morgan fingerprint density at radius 1 is 1.29 bits per heavy atom. The highest BCUT2D eigenvalue weighted by molar-refractivity contribution is 5.88. The Hall–Kier alpha value is -2.40. The maximum absolute atomic E-state index is 11.6. The molecule has 5 heteroatoms. The first kappa shape index (κ1) is 16.7. The molecule has 21 heavy (non-hydrogen) atoms. The smallest absolute Gasteiger partial charge is 0.421 e. The summed E-state index contributed by atoms with van der Waals surface area (Å²) in [6.45, 7) is 0.275. The summed E-state index contributed by atoms with van der Waals surface area (Å²) >= 11 is 0. The van der Waals surface area contributed by atoms with Crippen LogP contribution in [0.2, 0.25) is 0 Å². The van der Waals surface area contributed by atoms with Crippen LogP contribution in [0.4, 0.5) is 4.79 Å². The average Bonchev–Trinajstić information content (AvgIpc) is 2.54. The Morgan fingerprint density at radius 2 is 2.10 bits per heavy atom. The minimum absolute atomic E-state index is 0.275. The van der Waals surface area contributed by atoms with Gasteiger partial charge in [-0.2, -0.15) is 0 Å². The lowest BCUT2D eigenvalue weighted by atomic mass is 10.0. The maximum atomic E-state index is 11.6. The lowest BCUT2D eigenvalue weighted by Gasteiger charge is -2.12. The Labute approximate surface area is 125 Å². The SMILES string of the molecule is COC(=O)C#CCCN(C#CC1=CCCCC1)C(=O)OC. The van der Waals surface area contributed by atoms with Crippen molar-refractivity contribution in [1.29, 1.82) is 0 Å². The van der Waals surface area contributed by atoms with Crippen LogP contribution in [0.1, 0.15) is 32.1 Å². The molecule has 1 amide bonds. The van der Waals surface area contributed by atoms with Crippen LogP contribution >= 0.6 is 0 Å². The summed E-state index contributed by atoms with van der Waals surface area (Å²) < 4.78 is 9.08. The molecule has 0 unspecified atom stereocenters. The van der Waals surface area contributed by atoms with E-state index in [4.69, 9.17) is 0 Å². The highest BCUT2D eigenvalue weighted by atomic mass is 16.5. The van der Waals surface area contributed by atoms with Crippen LogP contribution in [-0.4, -0.2) is 37.7 Å². The highest BCUT2D eigenvalue weighted by Crippen LogP contribution is 2.16. The Morgan fingerprint density at radius 3 is 2.71 bits per heavy atom. The van der Waals surface area contributed by atoms with Crippen LogP contribution in [0, 0.1) is 23.8 Å². The summed E-state index contributed by atoms with van der Waals surface area (Å²) in [7, 11) is 2.57. The fraction of sp³-hybridized carbons (Fsp3) is 0.500. The predicted molar refractivity (Wildman–Crippen MR) is 77.8 cm³/mol. The number of rotatable bonds is 2. The van der Waals surface area contributed by atoms with E-state index >= 15 is 0 Å². The van der Waals surface area contributed by atoms with Gasteiger partial charge in [-0.25, -0.2) is 14.5 Å². The van der Waals surface area contributed by atoms with E-state index in [0.29, 0.717) is 6.42 Å². The van der Waals surface area contributed by atoms with Crippen LogP contribution in [-0.2, 0) is 14.3 Å². The number of hydrogen-bond donors (Lipinski definition) is 0. The molecule has 0 radical (unpaired) electrons. The minimum atomic E-state index is -0.599. The Balaban J connectivity index is 2.61. The van der Waals surface area contributed by atoms with E-state index in [-0.39, 0.29) is 6.54 Å². The van der Waals surface area contributed by atoms with Gasteiger partial charge in [0.15, 0.2) is 0 Å². The lowest BCUT2D eigenvalue weighted by Crippen LogP contribution is -2.27. The van der Waals surface area contributed by atoms with Gasteiger partial charge in [-0.05, 0) is 37.2 Å². The number of carbonyl (C=O) groups excluding carboxylic acids is 2. The van der Waals surface area contributed by atoms with Gasteiger partial charge >= 0.3 is 12.1 Å². The van der Waals surface area contributed by atoms with E-state index < -0.39 is 12.1 Å². The molecule has 5 nitrogen and oxygen atoms in total. The fourth-order valence-corrected chi connectivity index (χ4v) is 1.75. The van der Waals surface area contributed by atoms with Crippen LogP contribution in [0.25, 0.3) is 0 Å². The van der Waals surface area contributed by atoms with E-state index in [2.05, 4.69) is 39.4 Å². The number of methoxy groups -OCH3 is 2. The summed E-state index contributed by atoms with van der Waals surface area (Å²) in [5, 5.41) is 0. The average molecular weight is 289 g/mol. The molecule has 0 fully saturated rings. The van der Waals surface area contributed by atoms with Crippen LogP contribution < -0.4 is 0 Å². The first-order valence-electron chi connectivity index (χ1n) is 6.80. The zero-order valence-corrected chi connectivity index (χ0v) is 12.4. The van der Waals surface area contributed by atoms with Crippen molar-refractivity contribution in [2.45, 2.75) is 32.1 Å². The number of esters is 1. The van der Waals surface area contributed by atoms with Gasteiger partial charge in [-0.15, -0.1) is 0 Å². The molecule has 1 aliphatic carbocycles. The molecular formula is C16H19NO4. The zero-order valence-electron chi connectivity index (χ0n) is 12.4. The topological polar surface area (TPSA) is 55.8 Å². The molecular weight excluding hydrogens is 270 g/mol. The largest absolute Gasteiger partial charge is 0.459 e. The Bertz CT molecular complexity index is 528. The molecule has 0 aromatic rings. The maximum Gasteiger partial charge on any atom is 0.421 e. The first-order chi connectivity index (χ1) is 10.2. The molecule has 0 saturated carbocycles. The molecule has 0 atom stereocenters. The first-order valence-corrected chi connectivity index (χ1v) is 6.80. The van der Waals surface area contributed by atoms with Gasteiger partial charge in [-0.1, -0.05) is 12.0 Å². The number of allylic oxidation sites excluding steroid dienone is 2. The van der Waals surface area contributed by atoms with E-state index in [9.17, 15) is 9.59 Å². The summed E-state index contributed by atoms with van der Waals surface area (Å²) in [5.74, 6) is 7.32. The highest BCUT2D eigenvalue weighted by Gasteiger charge is 2.10. The molecule has 0 bridgehead atoms. The number of nitrogens with zero attached hydrogens (tertiary/aromatic N) is 1. The second kappa shape index (κ2) is 9.50. The van der Waals surface area contributed by atoms with Crippen molar-refractivity contribution in [2.24, 2.45) is 0 Å². The van der Waals surface area contributed by atoms with Crippen LogP contribution in [0.3, 0.4) is 0 Å². The standard InChI is InChI=1S/C16H19NO4/c1-20-15(18)10-6-7-12-17(16(19)21-2)13-11-14-8-4-3-5-9-14/h8H,3-5,7,9,12H2,1-2H3. The van der Waals surface area contributed by atoms with Crippen molar-refractivity contribution in [1.82, 2.24) is 4.90 Å². The van der Waals surface area contributed by atoms with Crippen molar-refractivity contribution >= 4 is 12.1 Å². The third-order valence-corrected chi connectivity index (χ3v) is 2.87. The number of ether oxygens (including phenoxy) is 2. The van der Waals surface area contributed by atoms with Gasteiger partial charge < -0.3 is 9.47 Å². The van der Waals surface area contributed by atoms with Gasteiger partial charge in [0.2, 0.25) is 0 Å². The molecule has 0 saturated heterocycles. The monoisotopic (exact) mass is 289 g/mol.